The number of alkyl halides is 1. The van der Waals surface area contributed by atoms with Gasteiger partial charge in [-0.3, -0.25) is 4.98 Å². The molecule has 0 amide bonds. The van der Waals surface area contributed by atoms with Crippen molar-refractivity contribution >= 4 is 28.2 Å². The van der Waals surface area contributed by atoms with Gasteiger partial charge in [0.25, 0.3) is 0 Å². The van der Waals surface area contributed by atoms with Crippen LogP contribution < -0.4 is 5.32 Å². The summed E-state index contributed by atoms with van der Waals surface area (Å²) in [6.45, 7) is 2.94. The van der Waals surface area contributed by atoms with Crippen LogP contribution in [0.1, 0.15) is 29.7 Å². The maximum absolute atomic E-state index is 5.84. The first-order valence-electron chi connectivity index (χ1n) is 7.01. The van der Waals surface area contributed by atoms with Gasteiger partial charge in [0.05, 0.1) is 5.52 Å². The molecule has 1 heterocycles. The molecule has 3 rings (SSSR count). The third kappa shape index (κ3) is 2.42. The average molecular weight is 275 g/mol. The van der Waals surface area contributed by atoms with Gasteiger partial charge in [0.15, 0.2) is 0 Å². The number of anilines is 1. The van der Waals surface area contributed by atoms with Crippen molar-refractivity contribution < 1.29 is 0 Å². The summed E-state index contributed by atoms with van der Waals surface area (Å²) in [4.78, 5) is 4.85. The normalized spacial score (nSPS) is 14.4. The molecule has 0 spiro atoms. The Morgan fingerprint density at radius 1 is 1.26 bits per heavy atom. The fraction of sp³-hybridized carbons (Fsp3) is 0.438. The topological polar surface area (TPSA) is 24.9 Å². The monoisotopic (exact) mass is 274 g/mol. The molecule has 0 atom stereocenters. The number of hydrogen-bond donors (Lipinski definition) is 1. The molecule has 2 nitrogen and oxygen atoms in total. The quantitative estimate of drug-likeness (QED) is 0.854. The molecule has 1 aliphatic carbocycles. The molecule has 1 aliphatic rings. The summed E-state index contributed by atoms with van der Waals surface area (Å²) in [7, 11) is 0. The van der Waals surface area contributed by atoms with E-state index in [1.807, 2.05) is 0 Å². The van der Waals surface area contributed by atoms with E-state index >= 15 is 0 Å². The van der Waals surface area contributed by atoms with Gasteiger partial charge in [-0.1, -0.05) is 11.6 Å². The molecule has 0 saturated heterocycles. The fourth-order valence-electron chi connectivity index (χ4n) is 2.91. The van der Waals surface area contributed by atoms with Crippen molar-refractivity contribution in [3.05, 3.63) is 35.0 Å². The second-order valence-electron chi connectivity index (χ2n) is 5.26. The summed E-state index contributed by atoms with van der Waals surface area (Å²) in [5.41, 5.74) is 6.33. The molecule has 1 aromatic heterocycles. The highest BCUT2D eigenvalue weighted by molar-refractivity contribution is 6.18. The van der Waals surface area contributed by atoms with Crippen LogP contribution in [0.25, 0.3) is 10.9 Å². The largest absolute Gasteiger partial charge is 0.383 e. The summed E-state index contributed by atoms with van der Waals surface area (Å²) in [5, 5.41) is 4.76. The number of rotatable bonds is 3. The van der Waals surface area contributed by atoms with Crippen LogP contribution in [-0.4, -0.2) is 17.4 Å². The third-order valence-corrected chi connectivity index (χ3v) is 4.00. The molecule has 19 heavy (non-hydrogen) atoms. The van der Waals surface area contributed by atoms with Crippen LogP contribution in [0.5, 0.6) is 0 Å². The van der Waals surface area contributed by atoms with Gasteiger partial charge < -0.3 is 5.32 Å². The van der Waals surface area contributed by atoms with Crippen LogP contribution in [0.15, 0.2) is 18.2 Å². The molecule has 0 fully saturated rings. The molecule has 0 aliphatic heterocycles. The zero-order valence-electron chi connectivity index (χ0n) is 11.3. The lowest BCUT2D eigenvalue weighted by Gasteiger charge is -2.21. The SMILES string of the molecule is Cc1ccc2nc3c(c(NCCCl)c2c1)CCCC3. The molecular weight excluding hydrogens is 256 g/mol. The van der Waals surface area contributed by atoms with E-state index in [1.165, 1.54) is 40.7 Å². The molecule has 0 unspecified atom stereocenters. The van der Waals surface area contributed by atoms with Crippen molar-refractivity contribution in [2.75, 3.05) is 17.7 Å². The van der Waals surface area contributed by atoms with E-state index in [9.17, 15) is 0 Å². The molecule has 2 aromatic rings. The average Bonchev–Trinajstić information content (AvgIpc) is 2.44. The van der Waals surface area contributed by atoms with Gasteiger partial charge in [0.2, 0.25) is 0 Å². The second kappa shape index (κ2) is 5.38. The van der Waals surface area contributed by atoms with Crippen molar-refractivity contribution in [2.45, 2.75) is 32.6 Å². The first-order chi connectivity index (χ1) is 9.29. The number of fused-ring (bicyclic) bond motifs is 2. The standard InChI is InChI=1S/C16H19ClN2/c1-11-6-7-15-13(10-11)16(18-9-8-17)12-4-2-3-5-14(12)19-15/h6-7,10H,2-5,8-9H2,1H3,(H,18,19). The van der Waals surface area contributed by atoms with Gasteiger partial charge in [-0.25, -0.2) is 0 Å². The molecule has 100 valence electrons. The number of halogens is 1. The molecule has 1 N–H and O–H groups in total. The van der Waals surface area contributed by atoms with E-state index in [-0.39, 0.29) is 0 Å². The Hall–Kier alpha value is -1.28. The Morgan fingerprint density at radius 3 is 2.95 bits per heavy atom. The minimum atomic E-state index is 0.629. The van der Waals surface area contributed by atoms with Crippen LogP contribution >= 0.6 is 11.6 Å². The summed E-state index contributed by atoms with van der Waals surface area (Å²) in [6.07, 6.45) is 4.76. The zero-order chi connectivity index (χ0) is 13.2. The minimum Gasteiger partial charge on any atom is -0.383 e. The van der Waals surface area contributed by atoms with E-state index in [0.29, 0.717) is 5.88 Å². The second-order valence-corrected chi connectivity index (χ2v) is 5.63. The van der Waals surface area contributed by atoms with Gasteiger partial charge in [0.1, 0.15) is 0 Å². The predicted octanol–water partition coefficient (Wildman–Crippen LogP) is 4.07. The Bertz CT molecular complexity index is 607. The Morgan fingerprint density at radius 2 is 2.11 bits per heavy atom. The smallest absolute Gasteiger partial charge is 0.0726 e. The van der Waals surface area contributed by atoms with Crippen molar-refractivity contribution in [2.24, 2.45) is 0 Å². The highest BCUT2D eigenvalue weighted by atomic mass is 35.5. The summed E-state index contributed by atoms with van der Waals surface area (Å²) < 4.78 is 0. The highest BCUT2D eigenvalue weighted by Gasteiger charge is 2.17. The van der Waals surface area contributed by atoms with Gasteiger partial charge in [-0.2, -0.15) is 0 Å². The number of nitrogens with zero attached hydrogens (tertiary/aromatic N) is 1. The maximum atomic E-state index is 5.84. The zero-order valence-corrected chi connectivity index (χ0v) is 12.1. The predicted molar refractivity (Wildman–Crippen MR) is 82.3 cm³/mol. The number of hydrogen-bond acceptors (Lipinski definition) is 2. The minimum absolute atomic E-state index is 0.629. The van der Waals surface area contributed by atoms with Crippen molar-refractivity contribution in [3.8, 4) is 0 Å². The fourth-order valence-corrected chi connectivity index (χ4v) is 3.01. The van der Waals surface area contributed by atoms with E-state index in [0.717, 1.165) is 24.9 Å². The number of aryl methyl sites for hydroxylation is 2. The maximum Gasteiger partial charge on any atom is 0.0726 e. The van der Waals surface area contributed by atoms with Crippen LogP contribution in [-0.2, 0) is 12.8 Å². The van der Waals surface area contributed by atoms with Gasteiger partial charge in [0, 0.05) is 29.2 Å². The molecule has 3 heteroatoms. The van der Waals surface area contributed by atoms with Crippen molar-refractivity contribution in [1.29, 1.82) is 0 Å². The van der Waals surface area contributed by atoms with Crippen molar-refractivity contribution in [1.82, 2.24) is 4.98 Å². The Labute approximate surface area is 119 Å². The van der Waals surface area contributed by atoms with Crippen molar-refractivity contribution in [3.63, 3.8) is 0 Å². The first-order valence-corrected chi connectivity index (χ1v) is 7.55. The van der Waals surface area contributed by atoms with E-state index in [4.69, 9.17) is 16.6 Å². The molecule has 1 aromatic carbocycles. The molecule has 0 radical (unpaired) electrons. The van der Waals surface area contributed by atoms with Gasteiger partial charge in [-0.05, 0) is 50.3 Å². The first kappa shape index (κ1) is 12.7. The number of nitrogens with one attached hydrogen (secondary N) is 1. The van der Waals surface area contributed by atoms with E-state index in [2.05, 4.69) is 30.4 Å². The van der Waals surface area contributed by atoms with Gasteiger partial charge in [-0.15, -0.1) is 11.6 Å². The Kier molecular flexibility index (Phi) is 3.61. The lowest BCUT2D eigenvalue weighted by Crippen LogP contribution is -2.12. The third-order valence-electron chi connectivity index (χ3n) is 3.81. The number of benzene rings is 1. The van der Waals surface area contributed by atoms with Crippen LogP contribution in [0.4, 0.5) is 5.69 Å². The molecule has 0 bridgehead atoms. The van der Waals surface area contributed by atoms with Gasteiger partial charge >= 0.3 is 0 Å². The van der Waals surface area contributed by atoms with Crippen LogP contribution in [0.2, 0.25) is 0 Å². The molecular formula is C16H19ClN2. The van der Waals surface area contributed by atoms with Crippen LogP contribution in [0.3, 0.4) is 0 Å². The Balaban J connectivity index is 2.21. The summed E-state index contributed by atoms with van der Waals surface area (Å²) >= 11 is 5.84. The highest BCUT2D eigenvalue weighted by Crippen LogP contribution is 2.33. The molecule has 0 saturated carbocycles. The number of aromatic nitrogens is 1. The van der Waals surface area contributed by atoms with E-state index < -0.39 is 0 Å². The summed E-state index contributed by atoms with van der Waals surface area (Å²) in [6, 6.07) is 6.50. The summed E-state index contributed by atoms with van der Waals surface area (Å²) in [5.74, 6) is 0.629. The lowest BCUT2D eigenvalue weighted by molar-refractivity contribution is 0.672. The number of pyridine rings is 1. The van der Waals surface area contributed by atoms with E-state index in [1.54, 1.807) is 0 Å². The van der Waals surface area contributed by atoms with Crippen LogP contribution in [0, 0.1) is 6.92 Å². The lowest BCUT2D eigenvalue weighted by atomic mass is 9.92.